The minimum atomic E-state index is -0.638. The van der Waals surface area contributed by atoms with E-state index >= 15 is 0 Å². The lowest BCUT2D eigenvalue weighted by Gasteiger charge is -2.32. The fraction of sp³-hybridized carbons (Fsp3) is 0.533. The molecule has 0 saturated heterocycles. The molecule has 18 heavy (non-hydrogen) atoms. The number of hydrogen-bond donors (Lipinski definition) is 1. The van der Waals surface area contributed by atoms with Crippen LogP contribution in [0.1, 0.15) is 31.7 Å². The maximum Gasteiger partial charge on any atom is 0.306 e. The van der Waals surface area contributed by atoms with Crippen LogP contribution in [0.2, 0.25) is 5.02 Å². The van der Waals surface area contributed by atoms with E-state index in [1.165, 1.54) is 5.56 Å². The van der Waals surface area contributed by atoms with Crippen molar-refractivity contribution in [3.63, 3.8) is 0 Å². The largest absolute Gasteiger partial charge is 0.481 e. The maximum absolute atomic E-state index is 11.3. The minimum absolute atomic E-state index is 0.183. The molecule has 0 spiro atoms. The first-order valence-corrected chi connectivity index (χ1v) is 6.91. The van der Waals surface area contributed by atoms with Gasteiger partial charge in [-0.05, 0) is 55.2 Å². The van der Waals surface area contributed by atoms with Crippen molar-refractivity contribution in [2.24, 2.45) is 17.8 Å². The van der Waals surface area contributed by atoms with Crippen LogP contribution in [0.15, 0.2) is 24.3 Å². The van der Waals surface area contributed by atoms with Gasteiger partial charge in [0.05, 0.1) is 5.92 Å². The Morgan fingerprint density at radius 1 is 1.33 bits per heavy atom. The van der Waals surface area contributed by atoms with E-state index in [2.05, 4.69) is 6.92 Å². The molecule has 0 heterocycles. The summed E-state index contributed by atoms with van der Waals surface area (Å²) in [4.78, 5) is 11.3. The van der Waals surface area contributed by atoms with Crippen molar-refractivity contribution < 1.29 is 9.90 Å². The molecule has 0 aliphatic heterocycles. The van der Waals surface area contributed by atoms with Crippen LogP contribution in [0.4, 0.5) is 0 Å². The van der Waals surface area contributed by atoms with Crippen LogP contribution in [0.5, 0.6) is 0 Å². The van der Waals surface area contributed by atoms with Gasteiger partial charge in [0.1, 0.15) is 0 Å². The number of aliphatic carboxylic acids is 1. The normalized spacial score (nSPS) is 28.0. The Kier molecular flexibility index (Phi) is 4.28. The highest BCUT2D eigenvalue weighted by molar-refractivity contribution is 6.30. The van der Waals surface area contributed by atoms with Crippen LogP contribution in [-0.2, 0) is 11.2 Å². The van der Waals surface area contributed by atoms with E-state index in [4.69, 9.17) is 11.6 Å². The summed E-state index contributed by atoms with van der Waals surface area (Å²) in [5.41, 5.74) is 1.18. The topological polar surface area (TPSA) is 37.3 Å². The molecule has 0 bridgehead atoms. The van der Waals surface area contributed by atoms with Crippen molar-refractivity contribution in [2.75, 3.05) is 0 Å². The number of carbonyl (C=O) groups is 1. The molecule has 1 aliphatic carbocycles. The molecule has 3 heteroatoms. The van der Waals surface area contributed by atoms with Gasteiger partial charge in [0, 0.05) is 5.02 Å². The number of hydrogen-bond acceptors (Lipinski definition) is 1. The molecule has 0 radical (unpaired) electrons. The number of carboxylic acids is 1. The maximum atomic E-state index is 11.3. The van der Waals surface area contributed by atoms with Crippen molar-refractivity contribution in [3.05, 3.63) is 34.9 Å². The molecule has 1 N–H and O–H groups in total. The zero-order valence-corrected chi connectivity index (χ0v) is 11.4. The van der Waals surface area contributed by atoms with Gasteiger partial charge in [0.15, 0.2) is 0 Å². The molecule has 1 saturated carbocycles. The van der Waals surface area contributed by atoms with Gasteiger partial charge in [0.25, 0.3) is 0 Å². The second-order valence-corrected chi connectivity index (χ2v) is 5.89. The lowest BCUT2D eigenvalue weighted by atomic mass is 9.72. The van der Waals surface area contributed by atoms with Crippen LogP contribution >= 0.6 is 11.6 Å². The third-order valence-electron chi connectivity index (χ3n) is 3.97. The first-order chi connectivity index (χ1) is 8.56. The summed E-state index contributed by atoms with van der Waals surface area (Å²) in [6, 6.07) is 7.75. The van der Waals surface area contributed by atoms with E-state index in [-0.39, 0.29) is 11.8 Å². The lowest BCUT2D eigenvalue weighted by molar-refractivity contribution is -0.145. The molecular weight excluding hydrogens is 248 g/mol. The van der Waals surface area contributed by atoms with Gasteiger partial charge in [-0.2, -0.15) is 0 Å². The molecule has 2 rings (SSSR count). The average molecular weight is 267 g/mol. The van der Waals surface area contributed by atoms with E-state index in [1.54, 1.807) is 0 Å². The van der Waals surface area contributed by atoms with Crippen molar-refractivity contribution in [2.45, 2.75) is 32.6 Å². The summed E-state index contributed by atoms with van der Waals surface area (Å²) in [6.45, 7) is 2.22. The highest BCUT2D eigenvalue weighted by Gasteiger charge is 2.33. The summed E-state index contributed by atoms with van der Waals surface area (Å²) in [6.07, 6.45) is 3.71. The Morgan fingerprint density at radius 2 is 2.00 bits per heavy atom. The number of halogens is 1. The Bertz CT molecular complexity index is 413. The smallest absolute Gasteiger partial charge is 0.306 e. The first kappa shape index (κ1) is 13.4. The van der Waals surface area contributed by atoms with Crippen LogP contribution in [0.25, 0.3) is 0 Å². The standard InChI is InChI=1S/C15H19ClO2/c1-10-2-7-14(15(17)18)12(8-10)9-11-3-5-13(16)6-4-11/h3-6,10,12,14H,2,7-9H2,1H3,(H,17,18). The van der Waals surface area contributed by atoms with E-state index in [9.17, 15) is 9.90 Å². The Morgan fingerprint density at radius 3 is 2.61 bits per heavy atom. The zero-order valence-electron chi connectivity index (χ0n) is 10.6. The Hall–Kier alpha value is -1.02. The predicted molar refractivity (Wildman–Crippen MR) is 72.8 cm³/mol. The van der Waals surface area contributed by atoms with Gasteiger partial charge in [-0.1, -0.05) is 30.7 Å². The quantitative estimate of drug-likeness (QED) is 0.897. The van der Waals surface area contributed by atoms with Crippen LogP contribution in [0.3, 0.4) is 0 Å². The Labute approximate surface area is 113 Å². The Balaban J connectivity index is 2.08. The fourth-order valence-electron chi connectivity index (χ4n) is 2.97. The molecule has 1 aliphatic rings. The molecule has 3 atom stereocenters. The first-order valence-electron chi connectivity index (χ1n) is 6.53. The molecule has 2 nitrogen and oxygen atoms in total. The molecule has 3 unspecified atom stereocenters. The van der Waals surface area contributed by atoms with Gasteiger partial charge in [-0.25, -0.2) is 0 Å². The number of carboxylic acid groups (broad SMARTS) is 1. The summed E-state index contributed by atoms with van der Waals surface area (Å²) in [5.74, 6) is 0.0723. The third kappa shape index (κ3) is 3.26. The molecule has 0 aromatic heterocycles. The average Bonchev–Trinajstić information content (AvgIpc) is 2.32. The zero-order chi connectivity index (χ0) is 13.1. The van der Waals surface area contributed by atoms with Crippen LogP contribution in [-0.4, -0.2) is 11.1 Å². The number of benzene rings is 1. The molecule has 0 amide bonds. The summed E-state index contributed by atoms with van der Waals surface area (Å²) in [7, 11) is 0. The molecule has 1 aromatic rings. The van der Waals surface area contributed by atoms with Gasteiger partial charge >= 0.3 is 5.97 Å². The van der Waals surface area contributed by atoms with Crippen molar-refractivity contribution in [1.82, 2.24) is 0 Å². The summed E-state index contributed by atoms with van der Waals surface area (Å²) < 4.78 is 0. The molecular formula is C15H19ClO2. The van der Waals surface area contributed by atoms with Crippen molar-refractivity contribution in [1.29, 1.82) is 0 Å². The van der Waals surface area contributed by atoms with Crippen LogP contribution < -0.4 is 0 Å². The monoisotopic (exact) mass is 266 g/mol. The molecule has 1 fully saturated rings. The van der Waals surface area contributed by atoms with E-state index in [1.807, 2.05) is 24.3 Å². The van der Waals surface area contributed by atoms with E-state index in [0.717, 1.165) is 30.7 Å². The van der Waals surface area contributed by atoms with Crippen molar-refractivity contribution >= 4 is 17.6 Å². The molecule has 98 valence electrons. The van der Waals surface area contributed by atoms with Crippen molar-refractivity contribution in [3.8, 4) is 0 Å². The predicted octanol–water partition coefficient (Wildman–Crippen LogP) is 4.02. The van der Waals surface area contributed by atoms with Gasteiger partial charge in [-0.3, -0.25) is 4.79 Å². The molecule has 1 aromatic carbocycles. The SMILES string of the molecule is CC1CCC(C(=O)O)C(Cc2ccc(Cl)cc2)C1. The van der Waals surface area contributed by atoms with Gasteiger partial charge < -0.3 is 5.11 Å². The third-order valence-corrected chi connectivity index (χ3v) is 4.22. The van der Waals surface area contributed by atoms with Crippen LogP contribution in [0, 0.1) is 17.8 Å². The lowest BCUT2D eigenvalue weighted by Crippen LogP contribution is -2.31. The second-order valence-electron chi connectivity index (χ2n) is 5.45. The van der Waals surface area contributed by atoms with Gasteiger partial charge in [0.2, 0.25) is 0 Å². The highest BCUT2D eigenvalue weighted by atomic mass is 35.5. The second kappa shape index (κ2) is 5.75. The van der Waals surface area contributed by atoms with E-state index in [0.29, 0.717) is 5.92 Å². The minimum Gasteiger partial charge on any atom is -0.481 e. The number of rotatable bonds is 3. The van der Waals surface area contributed by atoms with Gasteiger partial charge in [-0.15, -0.1) is 0 Å². The van der Waals surface area contributed by atoms with E-state index < -0.39 is 5.97 Å². The highest BCUT2D eigenvalue weighted by Crippen LogP contribution is 2.36. The fourth-order valence-corrected chi connectivity index (χ4v) is 3.10. The summed E-state index contributed by atoms with van der Waals surface area (Å²) in [5, 5.41) is 10.0. The summed E-state index contributed by atoms with van der Waals surface area (Å²) >= 11 is 5.86.